The van der Waals surface area contributed by atoms with Crippen LogP contribution in [0.1, 0.15) is 28.5 Å². The maximum absolute atomic E-state index is 12.3. The largest absolute Gasteiger partial charge is 0.477 e. The highest BCUT2D eigenvalue weighted by molar-refractivity contribution is 7.89. The van der Waals surface area contributed by atoms with Gasteiger partial charge in [-0.05, 0) is 31.0 Å². The van der Waals surface area contributed by atoms with Gasteiger partial charge in [0.1, 0.15) is 10.6 Å². The minimum absolute atomic E-state index is 0.0414. The Hall–Kier alpha value is -2.12. The minimum atomic E-state index is -3.75. The molecule has 0 amide bonds. The summed E-state index contributed by atoms with van der Waals surface area (Å²) in [4.78, 5) is 11.1. The Morgan fingerprint density at radius 2 is 2.00 bits per heavy atom. The number of hydrogen-bond acceptors (Lipinski definition) is 3. The van der Waals surface area contributed by atoms with Crippen molar-refractivity contribution >= 4 is 16.0 Å². The van der Waals surface area contributed by atoms with Gasteiger partial charge in [0.15, 0.2) is 0 Å². The molecule has 2 rings (SSSR count). The monoisotopic (exact) mass is 322 g/mol. The average molecular weight is 322 g/mol. The van der Waals surface area contributed by atoms with Gasteiger partial charge in [0.05, 0.1) is 0 Å². The molecule has 22 heavy (non-hydrogen) atoms. The summed E-state index contributed by atoms with van der Waals surface area (Å²) in [6.07, 6.45) is 1.34. The van der Waals surface area contributed by atoms with E-state index in [1.807, 2.05) is 31.2 Å². The first-order valence-electron chi connectivity index (χ1n) is 6.82. The van der Waals surface area contributed by atoms with E-state index in [1.54, 1.807) is 6.92 Å². The molecule has 2 N–H and O–H groups in total. The highest BCUT2D eigenvalue weighted by atomic mass is 32.2. The van der Waals surface area contributed by atoms with E-state index in [0.717, 1.165) is 11.1 Å². The molecule has 0 saturated carbocycles. The van der Waals surface area contributed by atoms with Gasteiger partial charge in [0, 0.05) is 19.3 Å². The Labute approximate surface area is 129 Å². The highest BCUT2D eigenvalue weighted by Gasteiger charge is 2.20. The number of benzene rings is 1. The predicted molar refractivity (Wildman–Crippen MR) is 82.3 cm³/mol. The molecule has 0 radical (unpaired) electrons. The van der Waals surface area contributed by atoms with Crippen molar-refractivity contribution in [3.63, 3.8) is 0 Å². The van der Waals surface area contributed by atoms with Crippen LogP contribution in [-0.2, 0) is 23.1 Å². The van der Waals surface area contributed by atoms with Gasteiger partial charge in [0.2, 0.25) is 10.0 Å². The third-order valence-corrected chi connectivity index (χ3v) is 4.82. The molecule has 0 saturated heterocycles. The summed E-state index contributed by atoms with van der Waals surface area (Å²) in [5.41, 5.74) is 1.82. The standard InChI is InChI=1S/C15H18N2O4S/c1-3-17-10-13(8-14(17)15(18)19)22(20,21)16-9-12-7-5-4-6-11(12)2/h4-8,10,16H,3,9H2,1-2H3,(H,18,19). The van der Waals surface area contributed by atoms with E-state index in [-0.39, 0.29) is 17.1 Å². The van der Waals surface area contributed by atoms with Crippen molar-refractivity contribution in [2.45, 2.75) is 31.8 Å². The number of carboxylic acid groups (broad SMARTS) is 1. The van der Waals surface area contributed by atoms with Crippen molar-refractivity contribution in [2.75, 3.05) is 0 Å². The molecule has 1 heterocycles. The lowest BCUT2D eigenvalue weighted by Gasteiger charge is -2.07. The lowest BCUT2D eigenvalue weighted by Crippen LogP contribution is -2.23. The molecule has 0 bridgehead atoms. The van der Waals surface area contributed by atoms with Crippen molar-refractivity contribution in [3.8, 4) is 0 Å². The first-order chi connectivity index (χ1) is 10.3. The molecule has 0 aliphatic carbocycles. The molecule has 0 aliphatic rings. The lowest BCUT2D eigenvalue weighted by molar-refractivity contribution is 0.0685. The van der Waals surface area contributed by atoms with Crippen LogP contribution in [0.15, 0.2) is 41.4 Å². The summed E-state index contributed by atoms with van der Waals surface area (Å²) in [5.74, 6) is -1.15. The Balaban J connectivity index is 2.24. The number of aromatic carboxylic acids is 1. The van der Waals surface area contributed by atoms with E-state index in [4.69, 9.17) is 5.11 Å². The van der Waals surface area contributed by atoms with E-state index in [0.29, 0.717) is 6.54 Å². The Bertz CT molecular complexity index is 794. The van der Waals surface area contributed by atoms with Gasteiger partial charge in [-0.25, -0.2) is 17.9 Å². The number of nitrogens with one attached hydrogen (secondary N) is 1. The van der Waals surface area contributed by atoms with Gasteiger partial charge in [-0.15, -0.1) is 0 Å². The molecule has 118 valence electrons. The molecule has 0 aliphatic heterocycles. The van der Waals surface area contributed by atoms with Crippen molar-refractivity contribution in [1.29, 1.82) is 0 Å². The Morgan fingerprint density at radius 1 is 1.32 bits per heavy atom. The maximum atomic E-state index is 12.3. The van der Waals surface area contributed by atoms with E-state index in [2.05, 4.69) is 4.72 Å². The number of carbonyl (C=O) groups is 1. The zero-order valence-electron chi connectivity index (χ0n) is 12.4. The summed E-state index contributed by atoms with van der Waals surface area (Å²) in [5, 5.41) is 9.08. The van der Waals surface area contributed by atoms with Gasteiger partial charge in [0.25, 0.3) is 0 Å². The van der Waals surface area contributed by atoms with Crippen LogP contribution in [0.2, 0.25) is 0 Å². The van der Waals surface area contributed by atoms with Crippen LogP contribution < -0.4 is 4.72 Å². The fraction of sp³-hybridized carbons (Fsp3) is 0.267. The highest BCUT2D eigenvalue weighted by Crippen LogP contribution is 2.16. The first-order valence-corrected chi connectivity index (χ1v) is 8.31. The van der Waals surface area contributed by atoms with Crippen molar-refractivity contribution in [3.05, 3.63) is 53.3 Å². The van der Waals surface area contributed by atoms with Gasteiger partial charge in [-0.2, -0.15) is 0 Å². The molecule has 2 aromatic rings. The Kier molecular flexibility index (Phi) is 4.68. The van der Waals surface area contributed by atoms with Crippen LogP contribution in [0.3, 0.4) is 0 Å². The van der Waals surface area contributed by atoms with Crippen LogP contribution in [-0.4, -0.2) is 24.1 Å². The van der Waals surface area contributed by atoms with E-state index in [9.17, 15) is 13.2 Å². The predicted octanol–water partition coefficient (Wildman–Crippen LogP) is 1.99. The van der Waals surface area contributed by atoms with E-state index >= 15 is 0 Å². The van der Waals surface area contributed by atoms with Gasteiger partial charge < -0.3 is 9.67 Å². The summed E-state index contributed by atoms with van der Waals surface area (Å²) in [6, 6.07) is 8.64. The molecule has 0 atom stereocenters. The zero-order valence-corrected chi connectivity index (χ0v) is 13.2. The van der Waals surface area contributed by atoms with Gasteiger partial charge in [-0.1, -0.05) is 24.3 Å². The SMILES string of the molecule is CCn1cc(S(=O)(=O)NCc2ccccc2C)cc1C(=O)O. The minimum Gasteiger partial charge on any atom is -0.477 e. The molecular weight excluding hydrogens is 304 g/mol. The smallest absolute Gasteiger partial charge is 0.352 e. The fourth-order valence-electron chi connectivity index (χ4n) is 2.14. The van der Waals surface area contributed by atoms with Crippen molar-refractivity contribution < 1.29 is 18.3 Å². The van der Waals surface area contributed by atoms with E-state index < -0.39 is 16.0 Å². The normalized spacial score (nSPS) is 11.5. The van der Waals surface area contributed by atoms with Crippen molar-refractivity contribution in [2.24, 2.45) is 0 Å². The van der Waals surface area contributed by atoms with Crippen LogP contribution in [0.5, 0.6) is 0 Å². The second-order valence-corrected chi connectivity index (χ2v) is 6.67. The second-order valence-electron chi connectivity index (χ2n) is 4.90. The fourth-order valence-corrected chi connectivity index (χ4v) is 3.18. The van der Waals surface area contributed by atoms with Crippen LogP contribution in [0.25, 0.3) is 0 Å². The molecule has 6 nitrogen and oxygen atoms in total. The average Bonchev–Trinajstić information content (AvgIpc) is 2.92. The third-order valence-electron chi connectivity index (χ3n) is 3.46. The number of sulfonamides is 1. The quantitative estimate of drug-likeness (QED) is 0.851. The Morgan fingerprint density at radius 3 is 2.55 bits per heavy atom. The van der Waals surface area contributed by atoms with Crippen LogP contribution in [0.4, 0.5) is 0 Å². The number of aromatic nitrogens is 1. The summed E-state index contributed by atoms with van der Waals surface area (Å²) >= 11 is 0. The lowest BCUT2D eigenvalue weighted by atomic mass is 10.1. The maximum Gasteiger partial charge on any atom is 0.352 e. The van der Waals surface area contributed by atoms with Crippen LogP contribution in [0, 0.1) is 6.92 Å². The second kappa shape index (κ2) is 6.33. The molecular formula is C15H18N2O4S. The van der Waals surface area contributed by atoms with Gasteiger partial charge in [-0.3, -0.25) is 0 Å². The third kappa shape index (κ3) is 3.37. The number of rotatable bonds is 6. The molecule has 0 unspecified atom stereocenters. The zero-order chi connectivity index (χ0) is 16.3. The molecule has 0 spiro atoms. The van der Waals surface area contributed by atoms with Gasteiger partial charge >= 0.3 is 5.97 Å². The molecule has 0 fully saturated rings. The number of nitrogens with zero attached hydrogens (tertiary/aromatic N) is 1. The summed E-state index contributed by atoms with van der Waals surface area (Å²) in [6.45, 7) is 4.20. The van der Waals surface area contributed by atoms with Crippen molar-refractivity contribution in [1.82, 2.24) is 9.29 Å². The summed E-state index contributed by atoms with van der Waals surface area (Å²) in [7, 11) is -3.75. The summed E-state index contributed by atoms with van der Waals surface area (Å²) < 4.78 is 28.5. The number of hydrogen-bond donors (Lipinski definition) is 2. The molecule has 1 aromatic carbocycles. The number of carboxylic acids is 1. The van der Waals surface area contributed by atoms with Crippen LogP contribution >= 0.6 is 0 Å². The van der Waals surface area contributed by atoms with E-state index in [1.165, 1.54) is 16.8 Å². The number of aryl methyl sites for hydroxylation is 2. The topological polar surface area (TPSA) is 88.4 Å². The molecule has 7 heteroatoms. The molecule has 1 aromatic heterocycles. The first kappa shape index (κ1) is 16.3.